The molecule has 0 N–H and O–H groups in total. The van der Waals surface area contributed by atoms with E-state index < -0.39 is 7.37 Å². The highest BCUT2D eigenvalue weighted by atomic mass is 31.2. The van der Waals surface area contributed by atoms with Crippen molar-refractivity contribution in [2.75, 3.05) is 0 Å². The van der Waals surface area contributed by atoms with E-state index in [2.05, 4.69) is 5.16 Å². The van der Waals surface area contributed by atoms with Crippen LogP contribution in [0.5, 0.6) is 0 Å². The normalized spacial score (nSPS) is 12.5. The third-order valence-electron chi connectivity index (χ3n) is 3.33. The summed E-state index contributed by atoms with van der Waals surface area (Å²) >= 11 is 0. The third kappa shape index (κ3) is 3.62. The van der Waals surface area contributed by atoms with Crippen molar-refractivity contribution in [2.45, 2.75) is 20.8 Å². The van der Waals surface area contributed by atoms with Crippen LogP contribution in [0.25, 0.3) is 0 Å². The summed E-state index contributed by atoms with van der Waals surface area (Å²) in [5.74, 6) is 0.255. The summed E-state index contributed by atoms with van der Waals surface area (Å²) in [4.78, 5) is 0. The molecule has 0 radical (unpaired) electrons. The van der Waals surface area contributed by atoms with E-state index in [4.69, 9.17) is 4.62 Å². The summed E-state index contributed by atoms with van der Waals surface area (Å²) in [7, 11) is -3.21. The van der Waals surface area contributed by atoms with Crippen LogP contribution >= 0.6 is 7.37 Å². The van der Waals surface area contributed by atoms with Gasteiger partial charge < -0.3 is 4.62 Å². The van der Waals surface area contributed by atoms with E-state index in [1.807, 2.05) is 81.4 Å². The molecule has 2 aromatic carbocycles. The summed E-state index contributed by atoms with van der Waals surface area (Å²) in [6.45, 7) is 5.93. The smallest absolute Gasteiger partial charge is 0.330 e. The number of rotatable bonds is 5. The van der Waals surface area contributed by atoms with Gasteiger partial charge in [0.15, 0.2) is 0 Å². The fourth-order valence-corrected chi connectivity index (χ4v) is 3.58. The van der Waals surface area contributed by atoms with Crippen LogP contribution in [-0.4, -0.2) is 5.71 Å². The second-order valence-corrected chi connectivity index (χ2v) is 7.49. The van der Waals surface area contributed by atoms with Gasteiger partial charge in [-0.3, -0.25) is 4.57 Å². The standard InChI is InChI=1S/C17H20NO2P/c1-14(2)15(3)18-20-21(19,16-10-6-4-7-11-16)17-12-8-5-9-13-17/h4-14H,1-3H3. The van der Waals surface area contributed by atoms with Crippen LogP contribution in [-0.2, 0) is 9.19 Å². The summed E-state index contributed by atoms with van der Waals surface area (Å²) in [6, 6.07) is 18.5. The highest BCUT2D eigenvalue weighted by molar-refractivity contribution is 7.74. The largest absolute Gasteiger partial charge is 0.330 e. The predicted octanol–water partition coefficient (Wildman–Crippen LogP) is 3.96. The molecule has 0 spiro atoms. The molecule has 0 aliphatic heterocycles. The first-order chi connectivity index (χ1) is 10.0. The molecule has 0 aliphatic rings. The second kappa shape index (κ2) is 6.73. The first-order valence-corrected chi connectivity index (χ1v) is 8.61. The predicted molar refractivity (Wildman–Crippen MR) is 88.8 cm³/mol. The molecule has 4 heteroatoms. The number of oxime groups is 1. The Kier molecular flexibility index (Phi) is 4.98. The molecule has 21 heavy (non-hydrogen) atoms. The lowest BCUT2D eigenvalue weighted by Crippen LogP contribution is -2.17. The Balaban J connectivity index is 2.46. The molecule has 0 fully saturated rings. The molecule has 2 aromatic rings. The SMILES string of the molecule is CC(=NOP(=O)(c1ccccc1)c1ccccc1)C(C)C. The molecule has 0 saturated heterocycles. The van der Waals surface area contributed by atoms with Gasteiger partial charge in [0.1, 0.15) is 0 Å². The fourth-order valence-electron chi connectivity index (χ4n) is 1.72. The third-order valence-corrected chi connectivity index (χ3v) is 5.60. The van der Waals surface area contributed by atoms with E-state index in [9.17, 15) is 4.57 Å². The lowest BCUT2D eigenvalue weighted by molar-refractivity contribution is 0.346. The van der Waals surface area contributed by atoms with Gasteiger partial charge in [-0.15, -0.1) is 0 Å². The Hall–Kier alpha value is -1.86. The van der Waals surface area contributed by atoms with Gasteiger partial charge in [-0.25, -0.2) is 0 Å². The van der Waals surface area contributed by atoms with Crippen LogP contribution in [0, 0.1) is 5.92 Å². The van der Waals surface area contributed by atoms with E-state index in [1.54, 1.807) is 0 Å². The molecule has 0 unspecified atom stereocenters. The van der Waals surface area contributed by atoms with E-state index in [0.717, 1.165) is 5.71 Å². The fraction of sp³-hybridized carbons (Fsp3) is 0.235. The molecule has 2 rings (SSSR count). The zero-order valence-electron chi connectivity index (χ0n) is 12.6. The van der Waals surface area contributed by atoms with E-state index in [0.29, 0.717) is 10.6 Å². The minimum atomic E-state index is -3.21. The minimum Gasteiger partial charge on any atom is -0.330 e. The molecule has 0 bridgehead atoms. The Bertz CT molecular complexity index is 608. The summed E-state index contributed by atoms with van der Waals surface area (Å²) in [5, 5.41) is 5.40. The quantitative estimate of drug-likeness (QED) is 0.476. The molecular formula is C17H20NO2P. The van der Waals surface area contributed by atoms with E-state index in [-0.39, 0.29) is 5.92 Å². The van der Waals surface area contributed by atoms with Crippen molar-refractivity contribution in [1.82, 2.24) is 0 Å². The molecule has 0 atom stereocenters. The van der Waals surface area contributed by atoms with Crippen molar-refractivity contribution in [3.63, 3.8) is 0 Å². The van der Waals surface area contributed by atoms with Crippen molar-refractivity contribution in [1.29, 1.82) is 0 Å². The summed E-state index contributed by atoms with van der Waals surface area (Å²) in [6.07, 6.45) is 0. The molecule has 0 amide bonds. The van der Waals surface area contributed by atoms with Gasteiger partial charge in [-0.2, -0.15) is 0 Å². The number of hydrogen-bond donors (Lipinski definition) is 0. The van der Waals surface area contributed by atoms with Crippen molar-refractivity contribution >= 4 is 23.7 Å². The van der Waals surface area contributed by atoms with Crippen molar-refractivity contribution < 1.29 is 9.19 Å². The molecule has 3 nitrogen and oxygen atoms in total. The van der Waals surface area contributed by atoms with Gasteiger partial charge in [0.25, 0.3) is 0 Å². The maximum absolute atomic E-state index is 13.4. The number of benzene rings is 2. The van der Waals surface area contributed by atoms with Gasteiger partial charge in [0.05, 0.1) is 16.3 Å². The van der Waals surface area contributed by atoms with Gasteiger partial charge in [-0.05, 0) is 37.1 Å². The Morgan fingerprint density at radius 3 is 1.76 bits per heavy atom. The number of nitrogens with zero attached hydrogens (tertiary/aromatic N) is 1. The van der Waals surface area contributed by atoms with E-state index in [1.165, 1.54) is 0 Å². The number of hydrogen-bond acceptors (Lipinski definition) is 3. The lowest BCUT2D eigenvalue weighted by atomic mass is 10.1. The average Bonchev–Trinajstić information content (AvgIpc) is 2.53. The van der Waals surface area contributed by atoms with Crippen LogP contribution in [0.4, 0.5) is 0 Å². The molecule has 0 aliphatic carbocycles. The van der Waals surface area contributed by atoms with E-state index >= 15 is 0 Å². The van der Waals surface area contributed by atoms with Crippen LogP contribution < -0.4 is 10.6 Å². The van der Waals surface area contributed by atoms with Crippen LogP contribution in [0.15, 0.2) is 65.8 Å². The molecule has 0 saturated carbocycles. The second-order valence-electron chi connectivity index (χ2n) is 5.19. The Morgan fingerprint density at radius 2 is 1.38 bits per heavy atom. The molecular weight excluding hydrogens is 281 g/mol. The maximum atomic E-state index is 13.4. The zero-order valence-corrected chi connectivity index (χ0v) is 13.5. The van der Waals surface area contributed by atoms with Crippen LogP contribution in [0.2, 0.25) is 0 Å². The lowest BCUT2D eigenvalue weighted by Gasteiger charge is -2.17. The molecule has 0 heterocycles. The van der Waals surface area contributed by atoms with Gasteiger partial charge in [0.2, 0.25) is 0 Å². The Morgan fingerprint density at radius 1 is 0.952 bits per heavy atom. The van der Waals surface area contributed by atoms with Crippen LogP contribution in [0.1, 0.15) is 20.8 Å². The van der Waals surface area contributed by atoms with Crippen LogP contribution in [0.3, 0.4) is 0 Å². The Labute approximate surface area is 126 Å². The maximum Gasteiger partial charge on any atom is 0.330 e. The monoisotopic (exact) mass is 301 g/mol. The van der Waals surface area contributed by atoms with Gasteiger partial charge >= 0.3 is 7.37 Å². The minimum absolute atomic E-state index is 0.255. The van der Waals surface area contributed by atoms with Gasteiger partial charge in [0, 0.05) is 0 Å². The van der Waals surface area contributed by atoms with Crippen molar-refractivity contribution in [3.8, 4) is 0 Å². The first kappa shape index (κ1) is 15.5. The summed E-state index contributed by atoms with van der Waals surface area (Å²) < 4.78 is 19.0. The highest BCUT2D eigenvalue weighted by Gasteiger charge is 2.30. The molecule has 0 aromatic heterocycles. The van der Waals surface area contributed by atoms with Gasteiger partial charge in [-0.1, -0.05) is 55.4 Å². The summed E-state index contributed by atoms with van der Waals surface area (Å²) in [5.41, 5.74) is 0.821. The zero-order chi connectivity index (χ0) is 15.3. The average molecular weight is 301 g/mol. The van der Waals surface area contributed by atoms with Crippen molar-refractivity contribution in [3.05, 3.63) is 60.7 Å². The topological polar surface area (TPSA) is 38.7 Å². The first-order valence-electron chi connectivity index (χ1n) is 6.98. The van der Waals surface area contributed by atoms with Crippen molar-refractivity contribution in [2.24, 2.45) is 11.1 Å². The molecule has 110 valence electrons. The highest BCUT2D eigenvalue weighted by Crippen LogP contribution is 2.44.